The Morgan fingerprint density at radius 2 is 0.434 bits per heavy atom. The predicted octanol–water partition coefficient (Wildman–Crippen LogP) is 23.4. The topological polar surface area (TPSA) is 78.9 Å². The van der Waals surface area contributed by atoms with Crippen LogP contribution in [0.1, 0.15) is 387 Å². The normalized spacial score (nSPS) is 12.1. The molecule has 0 aromatic carbocycles. The Balaban J connectivity index is 4.17. The second kappa shape index (κ2) is 65.4. The summed E-state index contributed by atoms with van der Waals surface area (Å²) >= 11 is 0. The zero-order valence-corrected chi connectivity index (χ0v) is 51.6. The molecule has 0 aromatic heterocycles. The first-order valence-electron chi connectivity index (χ1n) is 34.3. The Labute approximate surface area is 474 Å². The van der Waals surface area contributed by atoms with Crippen molar-refractivity contribution in [2.45, 2.75) is 393 Å². The van der Waals surface area contributed by atoms with Crippen LogP contribution in [0, 0.1) is 0 Å². The Morgan fingerprint density at radius 1 is 0.250 bits per heavy atom. The van der Waals surface area contributed by atoms with Gasteiger partial charge in [-0.15, -0.1) is 0 Å². The zero-order chi connectivity index (χ0) is 55.0. The lowest BCUT2D eigenvalue weighted by Gasteiger charge is -2.18. The van der Waals surface area contributed by atoms with Crippen molar-refractivity contribution in [3.8, 4) is 0 Å². The van der Waals surface area contributed by atoms with Crippen LogP contribution in [0.3, 0.4) is 0 Å². The van der Waals surface area contributed by atoms with Crippen LogP contribution in [0.25, 0.3) is 0 Å². The minimum atomic E-state index is -0.774. The summed E-state index contributed by atoms with van der Waals surface area (Å²) in [5, 5.41) is 0. The molecule has 0 heterocycles. The van der Waals surface area contributed by atoms with Crippen molar-refractivity contribution in [2.24, 2.45) is 0 Å². The zero-order valence-electron chi connectivity index (χ0n) is 51.6. The first kappa shape index (κ1) is 73.9. The van der Waals surface area contributed by atoms with E-state index in [0.29, 0.717) is 19.3 Å². The second-order valence-electron chi connectivity index (χ2n) is 23.4. The van der Waals surface area contributed by atoms with Gasteiger partial charge in [-0.3, -0.25) is 14.4 Å². The Bertz CT molecular complexity index is 1230. The van der Waals surface area contributed by atoms with Gasteiger partial charge >= 0.3 is 17.9 Å². The Hall–Kier alpha value is -2.11. The van der Waals surface area contributed by atoms with Crippen LogP contribution in [-0.4, -0.2) is 37.2 Å². The van der Waals surface area contributed by atoms with Crippen LogP contribution in [0.2, 0.25) is 0 Å². The monoisotopic (exact) mass is 1070 g/mol. The molecule has 0 radical (unpaired) electrons. The number of carbonyl (C=O) groups is 3. The van der Waals surface area contributed by atoms with E-state index in [1.54, 1.807) is 0 Å². The van der Waals surface area contributed by atoms with Gasteiger partial charge in [-0.2, -0.15) is 0 Å². The van der Waals surface area contributed by atoms with E-state index >= 15 is 0 Å². The second-order valence-corrected chi connectivity index (χ2v) is 23.4. The smallest absolute Gasteiger partial charge is 0.306 e. The molecule has 6 heteroatoms. The lowest BCUT2D eigenvalue weighted by atomic mass is 10.0. The highest BCUT2D eigenvalue weighted by Crippen LogP contribution is 2.18. The van der Waals surface area contributed by atoms with Gasteiger partial charge in [0, 0.05) is 19.3 Å². The molecule has 0 fully saturated rings. The minimum absolute atomic E-state index is 0.0706. The summed E-state index contributed by atoms with van der Waals surface area (Å²) in [6, 6.07) is 0. The van der Waals surface area contributed by atoms with E-state index in [0.717, 1.165) is 64.2 Å². The van der Waals surface area contributed by atoms with Gasteiger partial charge in [-0.1, -0.05) is 321 Å². The SMILES string of the molecule is CCCCCC/C=C\CCCCCCCC(=O)OCC(COC(=O)CCCCCCCCCCCCCCCCCCCCCCCCCCCCCC)OC(=O)CCCCCCCCC/C=C\CCCCCCCC. The molecule has 0 bridgehead atoms. The van der Waals surface area contributed by atoms with Crippen molar-refractivity contribution in [2.75, 3.05) is 13.2 Å². The summed E-state index contributed by atoms with van der Waals surface area (Å²) in [6.07, 6.45) is 79.2. The van der Waals surface area contributed by atoms with Gasteiger partial charge in [0.1, 0.15) is 13.2 Å². The molecule has 0 aliphatic rings. The highest BCUT2D eigenvalue weighted by atomic mass is 16.6. The van der Waals surface area contributed by atoms with E-state index in [-0.39, 0.29) is 31.1 Å². The van der Waals surface area contributed by atoms with Gasteiger partial charge < -0.3 is 14.2 Å². The first-order valence-corrected chi connectivity index (χ1v) is 34.3. The minimum Gasteiger partial charge on any atom is -0.462 e. The number of esters is 3. The summed E-state index contributed by atoms with van der Waals surface area (Å²) in [6.45, 7) is 6.68. The summed E-state index contributed by atoms with van der Waals surface area (Å²) < 4.78 is 16.9. The molecule has 0 saturated heterocycles. The Kier molecular flexibility index (Phi) is 63.6. The van der Waals surface area contributed by atoms with Crippen LogP contribution < -0.4 is 0 Å². The molecule has 76 heavy (non-hydrogen) atoms. The van der Waals surface area contributed by atoms with E-state index in [1.165, 1.54) is 283 Å². The molecule has 1 unspecified atom stereocenters. The number of unbranched alkanes of at least 4 members (excludes halogenated alkanes) is 49. The highest BCUT2D eigenvalue weighted by molar-refractivity contribution is 5.71. The lowest BCUT2D eigenvalue weighted by Crippen LogP contribution is -2.30. The number of hydrogen-bond acceptors (Lipinski definition) is 6. The van der Waals surface area contributed by atoms with Crippen molar-refractivity contribution in [3.05, 3.63) is 24.3 Å². The van der Waals surface area contributed by atoms with Crippen molar-refractivity contribution in [1.82, 2.24) is 0 Å². The van der Waals surface area contributed by atoms with Crippen LogP contribution in [0.15, 0.2) is 24.3 Å². The van der Waals surface area contributed by atoms with Gasteiger partial charge in [-0.25, -0.2) is 0 Å². The molecule has 0 spiro atoms. The maximum Gasteiger partial charge on any atom is 0.306 e. The number of allylic oxidation sites excluding steroid dienone is 4. The van der Waals surface area contributed by atoms with Gasteiger partial charge in [0.05, 0.1) is 0 Å². The molecule has 0 amide bonds. The molecular weight excluding hydrogens is 937 g/mol. The van der Waals surface area contributed by atoms with E-state index in [9.17, 15) is 14.4 Å². The summed E-state index contributed by atoms with van der Waals surface area (Å²) in [5.41, 5.74) is 0. The molecule has 0 rings (SSSR count). The van der Waals surface area contributed by atoms with E-state index in [2.05, 4.69) is 45.1 Å². The molecule has 6 nitrogen and oxygen atoms in total. The summed E-state index contributed by atoms with van der Waals surface area (Å²) in [5.74, 6) is -0.857. The third-order valence-corrected chi connectivity index (χ3v) is 15.7. The molecule has 448 valence electrons. The number of hydrogen-bond donors (Lipinski definition) is 0. The van der Waals surface area contributed by atoms with Crippen LogP contribution in [0.4, 0.5) is 0 Å². The maximum atomic E-state index is 12.9. The quantitative estimate of drug-likeness (QED) is 0.0261. The maximum absolute atomic E-state index is 12.9. The summed E-state index contributed by atoms with van der Waals surface area (Å²) in [7, 11) is 0. The van der Waals surface area contributed by atoms with Gasteiger partial charge in [0.2, 0.25) is 0 Å². The lowest BCUT2D eigenvalue weighted by molar-refractivity contribution is -0.167. The fourth-order valence-corrected chi connectivity index (χ4v) is 10.5. The van der Waals surface area contributed by atoms with Gasteiger partial charge in [-0.05, 0) is 70.6 Å². The van der Waals surface area contributed by atoms with E-state index < -0.39 is 6.10 Å². The van der Waals surface area contributed by atoms with Gasteiger partial charge in [0.25, 0.3) is 0 Å². The number of ether oxygens (including phenoxy) is 3. The fraction of sp³-hybridized carbons (Fsp3) is 0.900. The van der Waals surface area contributed by atoms with Crippen LogP contribution in [-0.2, 0) is 28.6 Å². The van der Waals surface area contributed by atoms with Crippen molar-refractivity contribution in [1.29, 1.82) is 0 Å². The summed E-state index contributed by atoms with van der Waals surface area (Å²) in [4.78, 5) is 38.3. The van der Waals surface area contributed by atoms with Crippen LogP contribution >= 0.6 is 0 Å². The van der Waals surface area contributed by atoms with Gasteiger partial charge in [0.15, 0.2) is 6.10 Å². The average Bonchev–Trinajstić information content (AvgIpc) is 3.42. The Morgan fingerprint density at radius 3 is 0.671 bits per heavy atom. The predicted molar refractivity (Wildman–Crippen MR) is 330 cm³/mol. The highest BCUT2D eigenvalue weighted by Gasteiger charge is 2.19. The van der Waals surface area contributed by atoms with Crippen molar-refractivity contribution in [3.63, 3.8) is 0 Å². The van der Waals surface area contributed by atoms with E-state index in [1.807, 2.05) is 0 Å². The molecule has 0 saturated carbocycles. The fourth-order valence-electron chi connectivity index (χ4n) is 10.5. The largest absolute Gasteiger partial charge is 0.462 e. The molecule has 0 aliphatic carbocycles. The third-order valence-electron chi connectivity index (χ3n) is 15.7. The first-order chi connectivity index (χ1) is 37.5. The number of rotatable bonds is 64. The van der Waals surface area contributed by atoms with Crippen molar-refractivity contribution >= 4 is 17.9 Å². The average molecular weight is 1070 g/mol. The van der Waals surface area contributed by atoms with E-state index in [4.69, 9.17) is 14.2 Å². The van der Waals surface area contributed by atoms with Crippen molar-refractivity contribution < 1.29 is 28.6 Å². The molecule has 1 atom stereocenters. The molecule has 0 aliphatic heterocycles. The molecule has 0 N–H and O–H groups in total. The molecule has 0 aromatic rings. The third kappa shape index (κ3) is 62.7. The molecular formula is C70H132O6. The standard InChI is InChI=1S/C70H132O6/c1-4-7-10-13-16-19-22-25-27-29-30-31-32-33-34-35-36-37-38-39-41-42-45-48-51-54-57-60-63-69(72)75-66-67(65-74-68(71)62-59-56-53-50-47-44-24-21-18-15-12-9-6-3)76-70(73)64-61-58-55-52-49-46-43-40-28-26-23-20-17-14-11-8-5-2/h21,24,26,28,67H,4-20,22-23,25,27,29-66H2,1-3H3/b24-21-,28-26-. The number of carbonyl (C=O) groups excluding carboxylic acids is 3. The van der Waals surface area contributed by atoms with Crippen LogP contribution in [0.5, 0.6) is 0 Å².